The summed E-state index contributed by atoms with van der Waals surface area (Å²) in [4.78, 5) is 4.26. The molecule has 0 aliphatic carbocycles. The maximum Gasteiger partial charge on any atom is 0.0751 e. The highest BCUT2D eigenvalue weighted by Gasteiger charge is 1.99. The highest BCUT2D eigenvalue weighted by Crippen LogP contribution is 2.20. The average molecular weight is 231 g/mol. The second-order valence-corrected chi connectivity index (χ2v) is 2.85. The minimum absolute atomic E-state index is 0. The van der Waals surface area contributed by atoms with Gasteiger partial charge in [0.1, 0.15) is 0 Å². The first-order valence-corrected chi connectivity index (χ1v) is 3.89. The zero-order valence-corrected chi connectivity index (χ0v) is 9.36. The topological polar surface area (TPSA) is 38.9 Å². The normalized spacial score (nSPS) is 8.93. The van der Waals surface area contributed by atoms with Crippen molar-refractivity contribution < 1.29 is 0 Å². The third-order valence-corrected chi connectivity index (χ3v) is 2.07. The lowest BCUT2D eigenvalue weighted by Crippen LogP contribution is -1.91. The van der Waals surface area contributed by atoms with Crippen molar-refractivity contribution >= 4 is 41.4 Å². The molecule has 2 nitrogen and oxygen atoms in total. The van der Waals surface area contributed by atoms with Crippen molar-refractivity contribution in [2.45, 2.75) is 6.92 Å². The summed E-state index contributed by atoms with van der Waals surface area (Å²) in [5.74, 6) is 0. The molecular weight excluding hydrogens is 219 g/mol. The number of nitrogen functional groups attached to an aromatic ring is 1. The number of halogens is 2. The maximum atomic E-state index is 5.75. The zero-order valence-electron chi connectivity index (χ0n) is 7.73. The molecule has 0 fully saturated rings. The number of benzene rings is 1. The van der Waals surface area contributed by atoms with Crippen LogP contribution in [0.1, 0.15) is 5.56 Å². The first kappa shape index (κ1) is 13.0. The van der Waals surface area contributed by atoms with E-state index in [4.69, 9.17) is 5.73 Å². The number of rotatable bonds is 0. The molecule has 0 radical (unpaired) electrons. The van der Waals surface area contributed by atoms with Crippen molar-refractivity contribution in [3.05, 3.63) is 36.0 Å². The van der Waals surface area contributed by atoms with Gasteiger partial charge in [-0.3, -0.25) is 4.98 Å². The predicted octanol–water partition coefficient (Wildman–Crippen LogP) is 2.97. The molecule has 0 bridgehead atoms. The summed E-state index contributed by atoms with van der Waals surface area (Å²) in [5.41, 5.74) is 8.61. The molecule has 1 heterocycles. The van der Waals surface area contributed by atoms with Gasteiger partial charge >= 0.3 is 0 Å². The van der Waals surface area contributed by atoms with Crippen LogP contribution in [-0.4, -0.2) is 4.98 Å². The molecule has 2 aromatic rings. The van der Waals surface area contributed by atoms with Crippen LogP contribution in [0.25, 0.3) is 10.9 Å². The lowest BCUT2D eigenvalue weighted by Gasteiger charge is -2.02. The summed E-state index contributed by atoms with van der Waals surface area (Å²) in [6, 6.07) is 7.87. The van der Waals surface area contributed by atoms with E-state index in [1.807, 2.05) is 31.2 Å². The van der Waals surface area contributed by atoms with Gasteiger partial charge < -0.3 is 5.73 Å². The van der Waals surface area contributed by atoms with E-state index in [9.17, 15) is 0 Å². The molecule has 4 heteroatoms. The van der Waals surface area contributed by atoms with Crippen LogP contribution in [0.5, 0.6) is 0 Å². The predicted molar refractivity (Wildman–Crippen MR) is 65.4 cm³/mol. The zero-order chi connectivity index (χ0) is 8.55. The second-order valence-electron chi connectivity index (χ2n) is 2.85. The van der Waals surface area contributed by atoms with Gasteiger partial charge in [0.25, 0.3) is 0 Å². The molecule has 0 saturated carbocycles. The Kier molecular flexibility index (Phi) is 4.68. The Morgan fingerprint density at radius 1 is 1.14 bits per heavy atom. The minimum atomic E-state index is 0. The molecule has 1 aromatic heterocycles. The Balaban J connectivity index is 0.000000845. The van der Waals surface area contributed by atoms with Crippen molar-refractivity contribution in [3.63, 3.8) is 0 Å². The Bertz CT molecular complexity index is 429. The molecule has 0 aliphatic rings. The van der Waals surface area contributed by atoms with Crippen molar-refractivity contribution in [1.82, 2.24) is 4.98 Å². The van der Waals surface area contributed by atoms with Gasteiger partial charge in [-0.25, -0.2) is 0 Å². The first-order chi connectivity index (χ1) is 5.79. The standard InChI is InChI=1S/C10H10N2.2ClH/c1-7-9(11)5-4-8-3-2-6-12-10(7)8;;/h2-6H,11H2,1H3;2*1H. The first-order valence-electron chi connectivity index (χ1n) is 3.89. The molecule has 1 aromatic carbocycles. The van der Waals surface area contributed by atoms with Crippen LogP contribution in [0.3, 0.4) is 0 Å². The molecule has 2 N–H and O–H groups in total. The Morgan fingerprint density at radius 2 is 1.86 bits per heavy atom. The summed E-state index contributed by atoms with van der Waals surface area (Å²) >= 11 is 0. The summed E-state index contributed by atoms with van der Waals surface area (Å²) in [6.45, 7) is 1.99. The van der Waals surface area contributed by atoms with Crippen molar-refractivity contribution in [2.24, 2.45) is 0 Å². The summed E-state index contributed by atoms with van der Waals surface area (Å²) in [5, 5.41) is 1.14. The highest BCUT2D eigenvalue weighted by molar-refractivity contribution is 5.86. The average Bonchev–Trinajstić information content (AvgIpc) is 2.12. The van der Waals surface area contributed by atoms with Crippen LogP contribution in [-0.2, 0) is 0 Å². The molecule has 0 amide bonds. The van der Waals surface area contributed by atoms with Gasteiger partial charge in [0.2, 0.25) is 0 Å². The van der Waals surface area contributed by atoms with E-state index < -0.39 is 0 Å². The van der Waals surface area contributed by atoms with E-state index in [0.29, 0.717) is 0 Å². The van der Waals surface area contributed by atoms with Crippen LogP contribution >= 0.6 is 24.8 Å². The molecule has 2 rings (SSSR count). The monoisotopic (exact) mass is 230 g/mol. The number of aromatic nitrogens is 1. The van der Waals surface area contributed by atoms with Gasteiger partial charge in [0.05, 0.1) is 5.52 Å². The fraction of sp³-hybridized carbons (Fsp3) is 0.100. The molecule has 76 valence electrons. The smallest absolute Gasteiger partial charge is 0.0751 e. The van der Waals surface area contributed by atoms with Gasteiger partial charge in [-0.05, 0) is 24.6 Å². The number of pyridine rings is 1. The van der Waals surface area contributed by atoms with Gasteiger partial charge in [0.15, 0.2) is 0 Å². The molecule has 0 atom stereocenters. The van der Waals surface area contributed by atoms with E-state index in [1.54, 1.807) is 6.20 Å². The molecule has 0 aliphatic heterocycles. The van der Waals surface area contributed by atoms with Crippen molar-refractivity contribution in [3.8, 4) is 0 Å². The number of hydrogen-bond donors (Lipinski definition) is 1. The van der Waals surface area contributed by atoms with Crippen molar-refractivity contribution in [2.75, 3.05) is 5.73 Å². The largest absolute Gasteiger partial charge is 0.398 e. The highest BCUT2D eigenvalue weighted by atomic mass is 35.5. The SMILES string of the molecule is Cc1c(N)ccc2cccnc12.Cl.Cl. The second kappa shape index (κ2) is 5.03. The van der Waals surface area contributed by atoms with E-state index in [0.717, 1.165) is 22.2 Å². The van der Waals surface area contributed by atoms with Crippen LogP contribution in [0.4, 0.5) is 5.69 Å². The molecule has 14 heavy (non-hydrogen) atoms. The van der Waals surface area contributed by atoms with E-state index >= 15 is 0 Å². The summed E-state index contributed by atoms with van der Waals surface area (Å²) in [7, 11) is 0. The van der Waals surface area contributed by atoms with Gasteiger partial charge in [0, 0.05) is 17.3 Å². The number of nitrogens with zero attached hydrogens (tertiary/aromatic N) is 1. The molecule has 0 saturated heterocycles. The van der Waals surface area contributed by atoms with Crippen LogP contribution in [0.15, 0.2) is 30.5 Å². The lowest BCUT2D eigenvalue weighted by molar-refractivity contribution is 1.37. The van der Waals surface area contributed by atoms with Gasteiger partial charge in [-0.15, -0.1) is 24.8 Å². The van der Waals surface area contributed by atoms with Gasteiger partial charge in [-0.2, -0.15) is 0 Å². The maximum absolute atomic E-state index is 5.75. The van der Waals surface area contributed by atoms with Crippen LogP contribution < -0.4 is 5.73 Å². The molecule has 0 unspecified atom stereocenters. The number of anilines is 1. The molecule has 0 spiro atoms. The Hall–Kier alpha value is -0.990. The fourth-order valence-electron chi connectivity index (χ4n) is 1.31. The number of aryl methyl sites for hydroxylation is 1. The van der Waals surface area contributed by atoms with Gasteiger partial charge in [-0.1, -0.05) is 12.1 Å². The number of hydrogen-bond acceptors (Lipinski definition) is 2. The summed E-state index contributed by atoms with van der Waals surface area (Å²) in [6.07, 6.45) is 1.79. The third kappa shape index (κ3) is 2.08. The van der Waals surface area contributed by atoms with E-state index in [2.05, 4.69) is 4.98 Å². The van der Waals surface area contributed by atoms with E-state index in [1.165, 1.54) is 0 Å². The Labute approximate surface area is 95.3 Å². The summed E-state index contributed by atoms with van der Waals surface area (Å²) < 4.78 is 0. The van der Waals surface area contributed by atoms with Crippen LogP contribution in [0, 0.1) is 6.92 Å². The minimum Gasteiger partial charge on any atom is -0.398 e. The van der Waals surface area contributed by atoms with Crippen LogP contribution in [0.2, 0.25) is 0 Å². The number of nitrogens with two attached hydrogens (primary N) is 1. The van der Waals surface area contributed by atoms with E-state index in [-0.39, 0.29) is 24.8 Å². The fourth-order valence-corrected chi connectivity index (χ4v) is 1.31. The Morgan fingerprint density at radius 3 is 2.57 bits per heavy atom. The number of fused-ring (bicyclic) bond motifs is 1. The van der Waals surface area contributed by atoms with Crippen molar-refractivity contribution in [1.29, 1.82) is 0 Å². The third-order valence-electron chi connectivity index (χ3n) is 2.07. The molecular formula is C10H12Cl2N2. The lowest BCUT2D eigenvalue weighted by atomic mass is 10.1. The quantitative estimate of drug-likeness (QED) is 0.708.